The highest BCUT2D eigenvalue weighted by Crippen LogP contribution is 2.62. The quantitative estimate of drug-likeness (QED) is 0.0278. The van der Waals surface area contributed by atoms with Crippen LogP contribution in [0.5, 0.6) is 23.0 Å². The van der Waals surface area contributed by atoms with E-state index in [4.69, 9.17) is 33.7 Å². The van der Waals surface area contributed by atoms with E-state index in [-0.39, 0.29) is 69.8 Å². The smallest absolute Gasteiger partial charge is 0.254 e. The van der Waals surface area contributed by atoms with E-state index in [1.54, 1.807) is 42.1 Å². The summed E-state index contributed by atoms with van der Waals surface area (Å²) in [6, 6.07) is 39.9. The standard InChI is InChI=1S/C58H61N3O9S/c1-2-29-68-58-54(61(57(64)43-22-19-40(36-59)20-23-43)37-42-21-25-52-53(32-42)67-39-66-52)35-50(60-69-38-41-13-5-3-6-14-41)48-33-44(15-9-11-27-62)47(18-10-12-28-63)55(56(48)58)49-34-45(24-26-51(49)70-58)65-30-31-71-46-16-7-4-8-17-46/h2-8,13-14,16-17,19-26,32-34,44,47,54-56,62-63H,1,9-12,15,18,27-31,35,37-39H2/t44-,47+,54-,55+,56+,58+/m0/s1. The van der Waals surface area contributed by atoms with Crippen LogP contribution in [-0.2, 0) is 22.7 Å². The Morgan fingerprint density at radius 3 is 2.38 bits per heavy atom. The van der Waals surface area contributed by atoms with Crippen molar-refractivity contribution in [1.82, 2.24) is 4.90 Å². The van der Waals surface area contributed by atoms with Crippen LogP contribution >= 0.6 is 11.8 Å². The first kappa shape index (κ1) is 49.4. The number of thioether (sulfide) groups is 1. The van der Waals surface area contributed by atoms with Crippen molar-refractivity contribution in [3.63, 3.8) is 0 Å². The number of benzene rings is 5. The van der Waals surface area contributed by atoms with E-state index in [2.05, 4.69) is 36.9 Å². The van der Waals surface area contributed by atoms with E-state index < -0.39 is 17.7 Å². The maximum absolute atomic E-state index is 15.6. The molecular formula is C58H61N3O9S. The fourth-order valence-corrected chi connectivity index (χ4v) is 11.5. The van der Waals surface area contributed by atoms with Gasteiger partial charge in [0.25, 0.3) is 5.91 Å². The van der Waals surface area contributed by atoms with Gasteiger partial charge in [-0.25, -0.2) is 0 Å². The van der Waals surface area contributed by atoms with Crippen LogP contribution in [0.2, 0.25) is 0 Å². The summed E-state index contributed by atoms with van der Waals surface area (Å²) in [6.07, 6.45) is 8.75. The molecule has 2 aliphatic carbocycles. The van der Waals surface area contributed by atoms with Gasteiger partial charge in [0.1, 0.15) is 24.1 Å². The molecule has 0 aromatic heterocycles. The lowest BCUT2D eigenvalue weighted by Gasteiger charge is -2.60. The van der Waals surface area contributed by atoms with Crippen LogP contribution in [0.15, 0.2) is 156 Å². The summed E-state index contributed by atoms with van der Waals surface area (Å²) in [4.78, 5) is 24.9. The molecule has 13 heteroatoms. The first-order valence-electron chi connectivity index (χ1n) is 24.7. The van der Waals surface area contributed by atoms with E-state index in [1.807, 2.05) is 83.8 Å². The van der Waals surface area contributed by atoms with Crippen molar-refractivity contribution < 1.29 is 43.5 Å². The average Bonchev–Trinajstić information content (AvgIpc) is 3.88. The number of hydrogen-bond donors (Lipinski definition) is 2. The number of nitrogens with zero attached hydrogens (tertiary/aromatic N) is 3. The van der Waals surface area contributed by atoms with Crippen molar-refractivity contribution in [3.8, 4) is 29.1 Å². The molecule has 1 fully saturated rings. The van der Waals surface area contributed by atoms with Gasteiger partial charge in [-0.1, -0.05) is 84.7 Å². The summed E-state index contributed by atoms with van der Waals surface area (Å²) < 4.78 is 32.9. The third-order valence-electron chi connectivity index (χ3n) is 13.9. The van der Waals surface area contributed by atoms with Crippen molar-refractivity contribution >= 4 is 23.4 Å². The van der Waals surface area contributed by atoms with Gasteiger partial charge in [0.15, 0.2) is 11.5 Å². The van der Waals surface area contributed by atoms with Gasteiger partial charge in [-0.2, -0.15) is 5.26 Å². The summed E-state index contributed by atoms with van der Waals surface area (Å²) in [6.45, 7) is 5.32. The molecule has 0 bridgehead atoms. The number of aliphatic hydroxyl groups is 2. The van der Waals surface area contributed by atoms with Crippen molar-refractivity contribution in [2.45, 2.75) is 80.7 Å². The van der Waals surface area contributed by atoms with Crippen LogP contribution in [0.25, 0.3) is 0 Å². The molecule has 5 aromatic carbocycles. The maximum atomic E-state index is 15.6. The average molecular weight is 976 g/mol. The van der Waals surface area contributed by atoms with Gasteiger partial charge in [0.05, 0.1) is 36.5 Å². The van der Waals surface area contributed by atoms with Crippen LogP contribution in [0.1, 0.15) is 83.5 Å². The van der Waals surface area contributed by atoms with E-state index in [9.17, 15) is 15.5 Å². The highest BCUT2D eigenvalue weighted by Gasteiger charge is 2.65. The molecule has 368 valence electrons. The number of nitriles is 1. The Kier molecular flexibility index (Phi) is 16.4. The molecule has 1 saturated carbocycles. The molecule has 0 radical (unpaired) electrons. The summed E-state index contributed by atoms with van der Waals surface area (Å²) >= 11 is 1.74. The van der Waals surface area contributed by atoms with Gasteiger partial charge in [0.2, 0.25) is 12.6 Å². The second-order valence-electron chi connectivity index (χ2n) is 18.4. The van der Waals surface area contributed by atoms with Crippen LogP contribution in [0.4, 0.5) is 0 Å². The molecule has 71 heavy (non-hydrogen) atoms. The molecule has 9 rings (SSSR count). The Morgan fingerprint density at radius 1 is 0.873 bits per heavy atom. The van der Waals surface area contributed by atoms with Crippen LogP contribution in [-0.4, -0.2) is 77.5 Å². The summed E-state index contributed by atoms with van der Waals surface area (Å²) in [5.74, 6) is 0.800. The predicted molar refractivity (Wildman–Crippen MR) is 272 cm³/mol. The number of ether oxygens (including phenoxy) is 5. The number of amides is 1. The van der Waals surface area contributed by atoms with Crippen molar-refractivity contribution in [2.75, 3.05) is 39.0 Å². The van der Waals surface area contributed by atoms with E-state index in [0.29, 0.717) is 53.5 Å². The molecular weight excluding hydrogens is 915 g/mol. The number of carbonyl (C=O) groups is 1. The van der Waals surface area contributed by atoms with Crippen molar-refractivity contribution in [1.29, 1.82) is 5.26 Å². The molecule has 5 aromatic rings. The Balaban J connectivity index is 1.22. The number of hydrogen-bond acceptors (Lipinski definition) is 12. The highest BCUT2D eigenvalue weighted by atomic mass is 32.2. The van der Waals surface area contributed by atoms with Crippen molar-refractivity contribution in [2.24, 2.45) is 22.9 Å². The van der Waals surface area contributed by atoms with Crippen molar-refractivity contribution in [3.05, 3.63) is 173 Å². The minimum atomic E-state index is -1.51. The fourth-order valence-electron chi connectivity index (χ4n) is 10.7. The SMILES string of the molecule is C=CCO[C@@]12Oc3ccc(OCCSc4ccccc4)cc3[C@H]3[C@H](CCCCO)[C@@H](CCCCO)C=C(C(=NOCc4ccccc4)C[C@@H]1N(Cc1ccc4c(c1)OCO4)C(=O)c1ccc(C#N)cc1)[C@H]32. The second-order valence-corrected chi connectivity index (χ2v) is 19.5. The first-order valence-corrected chi connectivity index (χ1v) is 25.7. The molecule has 2 aliphatic heterocycles. The molecule has 0 unspecified atom stereocenters. The van der Waals surface area contributed by atoms with Gasteiger partial charge < -0.3 is 43.6 Å². The third-order valence-corrected chi connectivity index (χ3v) is 14.9. The summed E-state index contributed by atoms with van der Waals surface area (Å²) in [7, 11) is 0. The molecule has 2 heterocycles. The zero-order chi connectivity index (χ0) is 49.0. The highest BCUT2D eigenvalue weighted by molar-refractivity contribution is 7.99. The number of unbranched alkanes of at least 4 members (excludes halogenated alkanes) is 2. The minimum Gasteiger partial charge on any atom is -0.493 e. The largest absolute Gasteiger partial charge is 0.493 e. The Labute approximate surface area is 420 Å². The maximum Gasteiger partial charge on any atom is 0.254 e. The molecule has 0 saturated heterocycles. The van der Waals surface area contributed by atoms with E-state index >= 15 is 4.79 Å². The number of carbonyl (C=O) groups excluding carboxylic acids is 1. The number of fused-ring (bicyclic) bond motifs is 3. The molecule has 6 atom stereocenters. The Hall–Kier alpha value is -6.56. The summed E-state index contributed by atoms with van der Waals surface area (Å²) in [5.41, 5.74) is 5.16. The van der Waals surface area contributed by atoms with Gasteiger partial charge >= 0.3 is 0 Å². The third kappa shape index (κ3) is 11.2. The Morgan fingerprint density at radius 2 is 1.62 bits per heavy atom. The number of oxime groups is 1. The van der Waals surface area contributed by atoms with Crippen LogP contribution in [0, 0.1) is 29.1 Å². The Bertz CT molecular complexity index is 2710. The van der Waals surface area contributed by atoms with Gasteiger partial charge in [0, 0.05) is 53.9 Å². The lowest BCUT2D eigenvalue weighted by molar-refractivity contribution is -0.255. The monoisotopic (exact) mass is 975 g/mol. The normalized spacial score (nSPS) is 22.0. The predicted octanol–water partition coefficient (Wildman–Crippen LogP) is 10.6. The van der Waals surface area contributed by atoms with Crippen LogP contribution in [0.3, 0.4) is 0 Å². The topological polar surface area (TPSA) is 152 Å². The lowest BCUT2D eigenvalue weighted by Crippen LogP contribution is -2.70. The molecule has 0 spiro atoms. The lowest BCUT2D eigenvalue weighted by atomic mass is 9.55. The second kappa shape index (κ2) is 23.6. The number of aliphatic hydroxyl groups excluding tert-OH is 2. The number of rotatable bonds is 23. The zero-order valence-electron chi connectivity index (χ0n) is 39.9. The van der Waals surface area contributed by atoms with E-state index in [1.165, 1.54) is 4.90 Å². The first-order chi connectivity index (χ1) is 34.9. The van der Waals surface area contributed by atoms with Gasteiger partial charge in [-0.3, -0.25) is 4.79 Å². The molecule has 12 nitrogen and oxygen atoms in total. The molecule has 2 N–H and O–H groups in total. The van der Waals surface area contributed by atoms with Gasteiger partial charge in [-0.15, -0.1) is 18.3 Å². The summed E-state index contributed by atoms with van der Waals surface area (Å²) in [5, 5.41) is 34.9. The van der Waals surface area contributed by atoms with E-state index in [0.717, 1.165) is 59.4 Å². The van der Waals surface area contributed by atoms with Gasteiger partial charge in [-0.05, 0) is 121 Å². The zero-order valence-corrected chi connectivity index (χ0v) is 40.7. The fraction of sp³-hybridized carbons (Fsp3) is 0.362. The molecule has 4 aliphatic rings. The molecule has 1 amide bonds. The number of allylic oxidation sites excluding steroid dienone is 1. The minimum absolute atomic E-state index is 0.0222. The van der Waals surface area contributed by atoms with Crippen LogP contribution < -0.4 is 18.9 Å².